The van der Waals surface area contributed by atoms with Crippen LogP contribution in [-0.2, 0) is 15.6 Å². The zero-order valence-electron chi connectivity index (χ0n) is 8.82. The highest BCUT2D eigenvalue weighted by Gasteiger charge is 2.16. The molecule has 0 spiro atoms. The van der Waals surface area contributed by atoms with Crippen molar-refractivity contribution >= 4 is 15.6 Å². The molecule has 0 aliphatic rings. The van der Waals surface area contributed by atoms with E-state index in [9.17, 15) is 22.7 Å². The molecule has 88 valence electrons. The Bertz CT molecular complexity index is 534. The minimum absolute atomic E-state index is 0.104. The number of phenolic OH excluding ortho intramolecular Hbond substituents is 1. The van der Waals surface area contributed by atoms with E-state index in [2.05, 4.69) is 0 Å². The molecular weight excluding hydrogens is 235 g/mol. The first kappa shape index (κ1) is 12.6. The van der Waals surface area contributed by atoms with Gasteiger partial charge < -0.3 is 5.11 Å². The highest BCUT2D eigenvalue weighted by molar-refractivity contribution is 7.89. The van der Waals surface area contributed by atoms with Crippen molar-refractivity contribution in [1.82, 2.24) is 0 Å². The lowest BCUT2D eigenvalue weighted by Crippen LogP contribution is -2.04. The van der Waals surface area contributed by atoms with E-state index in [4.69, 9.17) is 0 Å². The first-order valence-corrected chi connectivity index (χ1v) is 6.47. The number of hydrogen-bond acceptors (Lipinski definition) is 4. The molecule has 0 saturated heterocycles. The number of rotatable bonds is 3. The van der Waals surface area contributed by atoms with Gasteiger partial charge in [0.15, 0.2) is 15.6 Å². The SMILES string of the molecule is CC(=O)c1cc(F)cc(CS(C)(=O)=O)c1O. The molecule has 1 aromatic carbocycles. The third-order valence-corrected chi connectivity index (χ3v) is 2.79. The minimum atomic E-state index is -3.40. The molecule has 0 radical (unpaired) electrons. The van der Waals surface area contributed by atoms with Crippen molar-refractivity contribution in [1.29, 1.82) is 0 Å². The average molecular weight is 246 g/mol. The average Bonchev–Trinajstić information content (AvgIpc) is 2.07. The molecule has 0 amide bonds. The second-order valence-electron chi connectivity index (χ2n) is 3.59. The van der Waals surface area contributed by atoms with E-state index in [0.29, 0.717) is 0 Å². The molecule has 1 N–H and O–H groups in total. The van der Waals surface area contributed by atoms with Crippen LogP contribution >= 0.6 is 0 Å². The van der Waals surface area contributed by atoms with Crippen LogP contribution in [0.15, 0.2) is 12.1 Å². The van der Waals surface area contributed by atoms with Gasteiger partial charge in [0.2, 0.25) is 0 Å². The highest BCUT2D eigenvalue weighted by Crippen LogP contribution is 2.26. The molecule has 0 saturated carbocycles. The Labute approximate surface area is 92.6 Å². The summed E-state index contributed by atoms with van der Waals surface area (Å²) < 4.78 is 35.1. The van der Waals surface area contributed by atoms with Crippen molar-refractivity contribution in [2.75, 3.05) is 6.26 Å². The standard InChI is InChI=1S/C10H11FO4S/c1-6(12)9-4-8(11)3-7(10(9)13)5-16(2,14)15/h3-4,13H,5H2,1-2H3. The topological polar surface area (TPSA) is 71.4 Å². The van der Waals surface area contributed by atoms with Crippen molar-refractivity contribution < 1.29 is 22.7 Å². The Balaban J connectivity index is 3.35. The summed E-state index contributed by atoms with van der Waals surface area (Å²) in [6, 6.07) is 1.78. The van der Waals surface area contributed by atoms with Gasteiger partial charge in [-0.05, 0) is 19.1 Å². The van der Waals surface area contributed by atoms with Crippen LogP contribution < -0.4 is 0 Å². The summed E-state index contributed by atoms with van der Waals surface area (Å²) >= 11 is 0. The van der Waals surface area contributed by atoms with E-state index in [0.717, 1.165) is 18.4 Å². The zero-order valence-corrected chi connectivity index (χ0v) is 9.64. The lowest BCUT2D eigenvalue weighted by Gasteiger charge is -2.07. The second-order valence-corrected chi connectivity index (χ2v) is 5.73. The molecule has 0 atom stereocenters. The van der Waals surface area contributed by atoms with Gasteiger partial charge in [-0.3, -0.25) is 4.79 Å². The zero-order chi connectivity index (χ0) is 12.5. The molecule has 0 unspecified atom stereocenters. The van der Waals surface area contributed by atoms with E-state index < -0.39 is 32.9 Å². The predicted octanol–water partition coefficient (Wildman–Crippen LogP) is 1.28. The van der Waals surface area contributed by atoms with E-state index >= 15 is 0 Å². The number of Topliss-reactive ketones (excluding diaryl/α,β-unsaturated/α-hetero) is 1. The van der Waals surface area contributed by atoms with Gasteiger partial charge in [0, 0.05) is 11.8 Å². The maximum absolute atomic E-state index is 13.1. The molecule has 0 heterocycles. The molecule has 0 aliphatic heterocycles. The quantitative estimate of drug-likeness (QED) is 0.815. The predicted molar refractivity (Wildman–Crippen MR) is 56.6 cm³/mol. The van der Waals surface area contributed by atoms with Crippen LogP contribution in [0.1, 0.15) is 22.8 Å². The normalized spacial score (nSPS) is 11.4. The van der Waals surface area contributed by atoms with E-state index in [1.165, 1.54) is 6.92 Å². The van der Waals surface area contributed by atoms with Crippen LogP contribution in [0.4, 0.5) is 4.39 Å². The maximum Gasteiger partial charge on any atom is 0.163 e. The van der Waals surface area contributed by atoms with Crippen LogP contribution in [0, 0.1) is 5.82 Å². The number of benzene rings is 1. The Morgan fingerprint density at radius 1 is 1.44 bits per heavy atom. The van der Waals surface area contributed by atoms with E-state index in [1.54, 1.807) is 0 Å². The minimum Gasteiger partial charge on any atom is -0.507 e. The van der Waals surface area contributed by atoms with Gasteiger partial charge in [0.05, 0.1) is 11.3 Å². The maximum atomic E-state index is 13.1. The smallest absolute Gasteiger partial charge is 0.163 e. The van der Waals surface area contributed by atoms with Crippen LogP contribution in [0.5, 0.6) is 5.75 Å². The summed E-state index contributed by atoms with van der Waals surface area (Å²) in [6.07, 6.45) is 0.963. The van der Waals surface area contributed by atoms with Crippen LogP contribution in [-0.4, -0.2) is 25.6 Å². The van der Waals surface area contributed by atoms with Crippen LogP contribution in [0.2, 0.25) is 0 Å². The van der Waals surface area contributed by atoms with Crippen molar-refractivity contribution in [2.24, 2.45) is 0 Å². The van der Waals surface area contributed by atoms with Gasteiger partial charge in [0.1, 0.15) is 11.6 Å². The Morgan fingerprint density at radius 3 is 2.44 bits per heavy atom. The highest BCUT2D eigenvalue weighted by atomic mass is 32.2. The van der Waals surface area contributed by atoms with E-state index in [1.807, 2.05) is 0 Å². The van der Waals surface area contributed by atoms with Crippen LogP contribution in [0.3, 0.4) is 0 Å². The lowest BCUT2D eigenvalue weighted by atomic mass is 10.1. The molecule has 0 fully saturated rings. The number of sulfone groups is 1. The molecular formula is C10H11FO4S. The molecule has 0 bridgehead atoms. The van der Waals surface area contributed by atoms with Crippen LogP contribution in [0.25, 0.3) is 0 Å². The molecule has 0 aromatic heterocycles. The monoisotopic (exact) mass is 246 g/mol. The van der Waals surface area contributed by atoms with Gasteiger partial charge in [-0.1, -0.05) is 0 Å². The number of hydrogen-bond donors (Lipinski definition) is 1. The largest absolute Gasteiger partial charge is 0.507 e. The third kappa shape index (κ3) is 3.03. The fourth-order valence-corrected chi connectivity index (χ4v) is 2.10. The number of carbonyl (C=O) groups excluding carboxylic acids is 1. The summed E-state index contributed by atoms with van der Waals surface area (Å²) in [4.78, 5) is 11.1. The van der Waals surface area contributed by atoms with Gasteiger partial charge in [-0.25, -0.2) is 12.8 Å². The van der Waals surface area contributed by atoms with Gasteiger partial charge in [-0.15, -0.1) is 0 Å². The molecule has 1 aromatic rings. The first-order chi connectivity index (χ1) is 7.20. The third-order valence-electron chi connectivity index (χ3n) is 1.95. The molecule has 16 heavy (non-hydrogen) atoms. The summed E-state index contributed by atoms with van der Waals surface area (Å²) in [5.74, 6) is -2.25. The summed E-state index contributed by atoms with van der Waals surface area (Å²) in [7, 11) is -3.40. The van der Waals surface area contributed by atoms with Crippen molar-refractivity contribution in [2.45, 2.75) is 12.7 Å². The number of halogens is 1. The van der Waals surface area contributed by atoms with Crippen molar-refractivity contribution in [3.63, 3.8) is 0 Å². The van der Waals surface area contributed by atoms with Gasteiger partial charge >= 0.3 is 0 Å². The number of carbonyl (C=O) groups is 1. The lowest BCUT2D eigenvalue weighted by molar-refractivity contribution is 0.101. The molecule has 1 rings (SSSR count). The van der Waals surface area contributed by atoms with Crippen molar-refractivity contribution in [3.8, 4) is 5.75 Å². The molecule has 4 nitrogen and oxygen atoms in total. The van der Waals surface area contributed by atoms with Gasteiger partial charge in [0.25, 0.3) is 0 Å². The number of aromatic hydroxyl groups is 1. The molecule has 6 heteroatoms. The second kappa shape index (κ2) is 4.21. The van der Waals surface area contributed by atoms with Crippen molar-refractivity contribution in [3.05, 3.63) is 29.1 Å². The molecule has 0 aliphatic carbocycles. The van der Waals surface area contributed by atoms with Gasteiger partial charge in [-0.2, -0.15) is 0 Å². The fourth-order valence-electron chi connectivity index (χ4n) is 1.32. The number of phenols is 1. The fraction of sp³-hybridized carbons (Fsp3) is 0.300. The number of ketones is 1. The summed E-state index contributed by atoms with van der Waals surface area (Å²) in [5, 5.41) is 9.60. The first-order valence-electron chi connectivity index (χ1n) is 4.41. The Morgan fingerprint density at radius 2 is 2.00 bits per heavy atom. The summed E-state index contributed by atoms with van der Waals surface area (Å²) in [5.41, 5.74) is -0.314. The van der Waals surface area contributed by atoms with E-state index in [-0.39, 0.29) is 11.1 Å². The Hall–Kier alpha value is -1.43. The Kier molecular flexibility index (Phi) is 3.32. The summed E-state index contributed by atoms with van der Waals surface area (Å²) in [6.45, 7) is 1.17.